The highest BCUT2D eigenvalue weighted by molar-refractivity contribution is 6.06. The molecule has 2 rings (SSSR count). The number of imide groups is 1. The number of para-hydroxylation sites is 1. The predicted octanol–water partition coefficient (Wildman–Crippen LogP) is 0.997. The van der Waals surface area contributed by atoms with Crippen molar-refractivity contribution in [2.75, 3.05) is 0 Å². The fourth-order valence-electron chi connectivity index (χ4n) is 3.10. The molecule has 2 amide bonds. The first-order valence-electron chi connectivity index (χ1n) is 8.92. The van der Waals surface area contributed by atoms with Crippen molar-refractivity contribution in [1.82, 2.24) is 15.4 Å². The summed E-state index contributed by atoms with van der Waals surface area (Å²) in [4.78, 5) is 51.8. The van der Waals surface area contributed by atoms with Gasteiger partial charge in [0, 0.05) is 23.5 Å². The first-order valence-corrected chi connectivity index (χ1v) is 8.92. The molecule has 0 aliphatic rings. The molecule has 0 unspecified atom stereocenters. The molecule has 0 saturated carbocycles. The fourth-order valence-corrected chi connectivity index (χ4v) is 3.10. The summed E-state index contributed by atoms with van der Waals surface area (Å²) in [5.74, 6) is -5.64. The van der Waals surface area contributed by atoms with Crippen LogP contribution in [0.5, 0.6) is 0 Å². The molecule has 0 bridgehead atoms. The van der Waals surface area contributed by atoms with Gasteiger partial charge < -0.3 is 20.4 Å². The number of benzene rings is 1. The second-order valence-electron chi connectivity index (χ2n) is 6.94. The molecular formula is C19H23N3O7. The maximum atomic E-state index is 12.9. The SMILES string of the molecule is CC(C)[C@@H](NO)C(=O)N(C(=O)CC(=O)O)[C@@H](Cc1c[nH]c2ccccc12)C(=O)O. The molecule has 1 aromatic heterocycles. The van der Waals surface area contributed by atoms with Crippen LogP contribution >= 0.6 is 0 Å². The van der Waals surface area contributed by atoms with Gasteiger partial charge in [-0.05, 0) is 17.5 Å². The molecule has 0 aliphatic carbocycles. The second-order valence-corrected chi connectivity index (χ2v) is 6.94. The number of hydrogen-bond donors (Lipinski definition) is 5. The number of H-pyrrole nitrogens is 1. The highest BCUT2D eigenvalue weighted by Crippen LogP contribution is 2.22. The smallest absolute Gasteiger partial charge is 0.327 e. The van der Waals surface area contributed by atoms with Crippen molar-refractivity contribution in [3.63, 3.8) is 0 Å². The number of carboxylic acid groups (broad SMARTS) is 2. The van der Waals surface area contributed by atoms with Gasteiger partial charge in [-0.15, -0.1) is 0 Å². The zero-order valence-corrected chi connectivity index (χ0v) is 16.0. The van der Waals surface area contributed by atoms with Crippen molar-refractivity contribution in [3.05, 3.63) is 36.0 Å². The van der Waals surface area contributed by atoms with Crippen LogP contribution in [0.25, 0.3) is 10.9 Å². The summed E-state index contributed by atoms with van der Waals surface area (Å²) >= 11 is 0. The number of carbonyl (C=O) groups is 4. The number of hydroxylamine groups is 1. The van der Waals surface area contributed by atoms with Crippen molar-refractivity contribution in [1.29, 1.82) is 0 Å². The molecule has 0 fully saturated rings. The molecule has 10 nitrogen and oxygen atoms in total. The largest absolute Gasteiger partial charge is 0.481 e. The molecule has 0 saturated heterocycles. The van der Waals surface area contributed by atoms with Crippen molar-refractivity contribution < 1.29 is 34.6 Å². The first kappa shape index (κ1) is 22.1. The molecule has 1 heterocycles. The van der Waals surface area contributed by atoms with E-state index in [0.717, 1.165) is 10.9 Å². The molecule has 0 radical (unpaired) electrons. The van der Waals surface area contributed by atoms with Gasteiger partial charge in [-0.25, -0.2) is 4.79 Å². The van der Waals surface area contributed by atoms with Gasteiger partial charge in [0.05, 0.1) is 0 Å². The van der Waals surface area contributed by atoms with Crippen LogP contribution in [-0.2, 0) is 25.6 Å². The maximum absolute atomic E-state index is 12.9. The minimum atomic E-state index is -1.65. The van der Waals surface area contributed by atoms with Gasteiger partial charge in [0.2, 0.25) is 11.8 Å². The number of nitrogens with one attached hydrogen (secondary N) is 2. The van der Waals surface area contributed by atoms with E-state index in [1.165, 1.54) is 0 Å². The van der Waals surface area contributed by atoms with Crippen LogP contribution in [0, 0.1) is 5.92 Å². The summed E-state index contributed by atoms with van der Waals surface area (Å²) in [6.07, 6.45) is 0.293. The summed E-state index contributed by atoms with van der Waals surface area (Å²) in [6, 6.07) is 4.18. The van der Waals surface area contributed by atoms with Gasteiger partial charge in [-0.3, -0.25) is 19.3 Å². The van der Waals surface area contributed by atoms with Gasteiger partial charge in [0.15, 0.2) is 0 Å². The summed E-state index contributed by atoms with van der Waals surface area (Å²) in [6.45, 7) is 3.17. The van der Waals surface area contributed by atoms with E-state index in [9.17, 15) is 29.5 Å². The van der Waals surface area contributed by atoms with Crippen LogP contribution in [0.3, 0.4) is 0 Å². The van der Waals surface area contributed by atoms with Gasteiger partial charge in [-0.1, -0.05) is 32.0 Å². The van der Waals surface area contributed by atoms with Crippen LogP contribution in [0.2, 0.25) is 0 Å². The Bertz CT molecular complexity index is 921. The molecule has 29 heavy (non-hydrogen) atoms. The molecular weight excluding hydrogens is 382 g/mol. The van der Waals surface area contributed by atoms with Crippen molar-refractivity contribution >= 4 is 34.7 Å². The summed E-state index contributed by atoms with van der Waals surface area (Å²) in [5, 5.41) is 28.8. The summed E-state index contributed by atoms with van der Waals surface area (Å²) in [5.41, 5.74) is 3.08. The lowest BCUT2D eigenvalue weighted by Gasteiger charge is -2.31. The van der Waals surface area contributed by atoms with E-state index in [1.54, 1.807) is 49.8 Å². The van der Waals surface area contributed by atoms with Gasteiger partial charge >= 0.3 is 11.9 Å². The Labute approximate surface area is 166 Å². The lowest BCUT2D eigenvalue weighted by Crippen LogP contribution is -2.57. The van der Waals surface area contributed by atoms with Gasteiger partial charge in [-0.2, -0.15) is 5.48 Å². The lowest BCUT2D eigenvalue weighted by atomic mass is 9.99. The zero-order chi connectivity index (χ0) is 21.7. The van der Waals surface area contributed by atoms with E-state index in [0.29, 0.717) is 10.5 Å². The molecule has 0 spiro atoms. The van der Waals surface area contributed by atoms with Crippen LogP contribution < -0.4 is 5.48 Å². The molecule has 2 aromatic rings. The number of aromatic amines is 1. The van der Waals surface area contributed by atoms with Crippen molar-refractivity contribution in [2.24, 2.45) is 5.92 Å². The number of amides is 2. The van der Waals surface area contributed by atoms with Crippen molar-refractivity contribution in [2.45, 2.75) is 38.8 Å². The normalized spacial score (nSPS) is 13.2. The standard InChI is InChI=1S/C19H23N3O7/c1-10(2)17(21-29)18(26)22(15(23)8-16(24)25)14(19(27)28)7-11-9-20-13-6-4-3-5-12(11)13/h3-6,9-10,14,17,20-21,29H,7-8H2,1-2H3,(H,24,25)(H,27,28)/t14-,17+/m0/s1. The van der Waals surface area contributed by atoms with Crippen LogP contribution in [0.1, 0.15) is 25.8 Å². The Balaban J connectivity index is 2.47. The zero-order valence-electron chi connectivity index (χ0n) is 16.0. The van der Waals surface area contributed by atoms with Crippen LogP contribution in [0.15, 0.2) is 30.5 Å². The quantitative estimate of drug-likeness (QED) is 0.305. The second kappa shape index (κ2) is 9.30. The highest BCUT2D eigenvalue weighted by atomic mass is 16.5. The average Bonchev–Trinajstić information content (AvgIpc) is 3.03. The number of carboxylic acids is 2. The molecule has 156 valence electrons. The molecule has 2 atom stereocenters. The van der Waals surface area contributed by atoms with E-state index >= 15 is 0 Å². The third-order valence-corrected chi connectivity index (χ3v) is 4.57. The Morgan fingerprint density at radius 1 is 1.14 bits per heavy atom. The summed E-state index contributed by atoms with van der Waals surface area (Å²) in [7, 11) is 0. The van der Waals surface area contributed by atoms with Crippen LogP contribution in [-0.4, -0.2) is 61.1 Å². The number of carbonyl (C=O) groups excluding carboxylic acids is 2. The number of aromatic nitrogens is 1. The van der Waals surface area contributed by atoms with E-state index < -0.39 is 48.2 Å². The van der Waals surface area contributed by atoms with E-state index in [1.807, 2.05) is 0 Å². The number of rotatable bonds is 9. The predicted molar refractivity (Wildman–Crippen MR) is 101 cm³/mol. The van der Waals surface area contributed by atoms with Crippen molar-refractivity contribution in [3.8, 4) is 0 Å². The number of aliphatic carboxylic acids is 2. The third kappa shape index (κ3) is 4.98. The fraction of sp³-hybridized carbons (Fsp3) is 0.368. The Morgan fingerprint density at radius 2 is 1.79 bits per heavy atom. The van der Waals surface area contributed by atoms with E-state index in [4.69, 9.17) is 5.11 Å². The number of hydrogen-bond acceptors (Lipinski definition) is 6. The van der Waals surface area contributed by atoms with Gasteiger partial charge in [0.25, 0.3) is 0 Å². The maximum Gasteiger partial charge on any atom is 0.327 e. The Kier molecular flexibility index (Phi) is 7.08. The monoisotopic (exact) mass is 405 g/mol. The molecule has 0 aliphatic heterocycles. The van der Waals surface area contributed by atoms with Crippen LogP contribution in [0.4, 0.5) is 0 Å². The topological polar surface area (TPSA) is 160 Å². The highest BCUT2D eigenvalue weighted by Gasteiger charge is 2.40. The van der Waals surface area contributed by atoms with Gasteiger partial charge in [0.1, 0.15) is 18.5 Å². The minimum Gasteiger partial charge on any atom is -0.481 e. The minimum absolute atomic E-state index is 0.229. The third-order valence-electron chi connectivity index (χ3n) is 4.57. The molecule has 10 heteroatoms. The molecule has 1 aromatic carbocycles. The Hall–Kier alpha value is -3.24. The number of nitrogens with zero attached hydrogens (tertiary/aromatic N) is 1. The lowest BCUT2D eigenvalue weighted by molar-refractivity contribution is -0.162. The van der Waals surface area contributed by atoms with E-state index in [-0.39, 0.29) is 6.42 Å². The first-order chi connectivity index (χ1) is 13.7. The number of fused-ring (bicyclic) bond motifs is 1. The van der Waals surface area contributed by atoms with E-state index in [2.05, 4.69) is 4.98 Å². The molecule has 5 N–H and O–H groups in total. The Morgan fingerprint density at radius 3 is 2.34 bits per heavy atom. The summed E-state index contributed by atoms with van der Waals surface area (Å²) < 4.78 is 0. The average molecular weight is 405 g/mol.